The van der Waals surface area contributed by atoms with Gasteiger partial charge in [0.2, 0.25) is 17.5 Å². The summed E-state index contributed by atoms with van der Waals surface area (Å²) in [6.45, 7) is 2.33. The Bertz CT molecular complexity index is 1210. The molecule has 4 aromatic rings. The molecule has 0 spiro atoms. The van der Waals surface area contributed by atoms with Crippen molar-refractivity contribution < 1.29 is 17.6 Å². The van der Waals surface area contributed by atoms with E-state index in [4.69, 9.17) is 16.0 Å². The maximum atomic E-state index is 13.3. The van der Waals surface area contributed by atoms with Gasteiger partial charge < -0.3 is 4.42 Å². The Morgan fingerprint density at radius 2 is 1.79 bits per heavy atom. The van der Waals surface area contributed by atoms with E-state index in [1.165, 1.54) is 24.7 Å². The number of nitrogens with zero attached hydrogens (tertiary/aromatic N) is 7. The van der Waals surface area contributed by atoms with Crippen LogP contribution in [0.1, 0.15) is 18.5 Å². The highest BCUT2D eigenvalue weighted by atomic mass is 35.5. The van der Waals surface area contributed by atoms with Gasteiger partial charge in [0.1, 0.15) is 0 Å². The van der Waals surface area contributed by atoms with Crippen LogP contribution in [0.25, 0.3) is 34.6 Å². The van der Waals surface area contributed by atoms with E-state index in [-0.39, 0.29) is 17.4 Å². The monoisotopic (exact) mass is 421 g/mol. The second kappa shape index (κ2) is 6.14. The lowest BCUT2D eigenvalue weighted by Crippen LogP contribution is -2.22. The Labute approximate surface area is 166 Å². The SMILES string of the molecule is CC1Cn2c(-c3cnco3)nnc2-c2nnc(-c3cccc(C(F)(F)F)c3Cl)n21. The van der Waals surface area contributed by atoms with Gasteiger partial charge in [-0.3, -0.25) is 9.13 Å². The molecule has 1 unspecified atom stereocenters. The van der Waals surface area contributed by atoms with Crippen molar-refractivity contribution in [2.45, 2.75) is 25.7 Å². The summed E-state index contributed by atoms with van der Waals surface area (Å²) in [5, 5.41) is 16.2. The second-order valence-corrected chi connectivity index (χ2v) is 6.93. The fourth-order valence-electron chi connectivity index (χ4n) is 3.46. The van der Waals surface area contributed by atoms with E-state index in [0.717, 1.165) is 6.07 Å². The molecule has 29 heavy (non-hydrogen) atoms. The molecule has 0 fully saturated rings. The van der Waals surface area contributed by atoms with Crippen molar-refractivity contribution >= 4 is 11.6 Å². The highest BCUT2D eigenvalue weighted by Gasteiger charge is 2.36. The fourth-order valence-corrected chi connectivity index (χ4v) is 3.78. The standard InChI is InChI=1S/C17H11ClF3N7O/c1-8-6-27-14(11-5-22-7-29-11)24-25-15(27)16-26-23-13(28(8)16)9-3-2-4-10(12(9)18)17(19,20)21/h2-5,7-8H,6H2,1H3. The van der Waals surface area contributed by atoms with Crippen molar-refractivity contribution in [1.82, 2.24) is 34.5 Å². The number of hydrogen-bond acceptors (Lipinski definition) is 6. The highest BCUT2D eigenvalue weighted by Crippen LogP contribution is 2.41. The molecule has 4 heterocycles. The van der Waals surface area contributed by atoms with Gasteiger partial charge in [-0.1, -0.05) is 17.7 Å². The van der Waals surface area contributed by atoms with Crippen LogP contribution in [-0.4, -0.2) is 34.5 Å². The van der Waals surface area contributed by atoms with Crippen LogP contribution in [0.4, 0.5) is 13.2 Å². The van der Waals surface area contributed by atoms with Crippen LogP contribution in [-0.2, 0) is 12.7 Å². The molecule has 0 saturated heterocycles. The number of fused-ring (bicyclic) bond motifs is 3. The molecule has 12 heteroatoms. The predicted octanol–water partition coefficient (Wildman–Crippen LogP) is 4.11. The quantitative estimate of drug-likeness (QED) is 0.484. The van der Waals surface area contributed by atoms with Crippen LogP contribution >= 0.6 is 11.6 Å². The summed E-state index contributed by atoms with van der Waals surface area (Å²) in [5.41, 5.74) is -0.774. The van der Waals surface area contributed by atoms with Gasteiger partial charge in [-0.05, 0) is 19.1 Å². The van der Waals surface area contributed by atoms with Crippen LogP contribution in [0.3, 0.4) is 0 Å². The number of halogens is 4. The average molecular weight is 422 g/mol. The molecule has 5 rings (SSSR count). The Kier molecular flexibility index (Phi) is 3.78. The molecule has 0 aliphatic carbocycles. The minimum Gasteiger partial charge on any atom is -0.440 e. The molecular formula is C17H11ClF3N7O. The minimum absolute atomic E-state index is 0.149. The van der Waals surface area contributed by atoms with E-state index in [1.807, 2.05) is 11.5 Å². The molecule has 1 aliphatic heterocycles. The lowest BCUT2D eigenvalue weighted by molar-refractivity contribution is -0.137. The third kappa shape index (κ3) is 2.64. The van der Waals surface area contributed by atoms with Crippen molar-refractivity contribution in [2.75, 3.05) is 0 Å². The summed E-state index contributed by atoms with van der Waals surface area (Å²) in [5.74, 6) is 1.98. The fraction of sp³-hybridized carbons (Fsp3) is 0.235. The molecule has 3 aromatic heterocycles. The molecule has 0 N–H and O–H groups in total. The Morgan fingerprint density at radius 1 is 1.07 bits per heavy atom. The highest BCUT2D eigenvalue weighted by molar-refractivity contribution is 6.34. The number of aromatic nitrogens is 7. The normalized spacial score (nSPS) is 16.0. The van der Waals surface area contributed by atoms with Gasteiger partial charge in [0.15, 0.2) is 18.0 Å². The smallest absolute Gasteiger partial charge is 0.417 e. The molecule has 1 atom stereocenters. The Hall–Kier alpha value is -3.21. The lowest BCUT2D eigenvalue weighted by Gasteiger charge is -2.24. The molecule has 1 aromatic carbocycles. The zero-order valence-corrected chi connectivity index (χ0v) is 15.5. The summed E-state index contributed by atoms with van der Waals surface area (Å²) in [6.07, 6.45) is -1.76. The summed E-state index contributed by atoms with van der Waals surface area (Å²) in [7, 11) is 0. The van der Waals surface area contributed by atoms with Crippen molar-refractivity contribution in [3.05, 3.63) is 41.4 Å². The molecular weight excluding hydrogens is 411 g/mol. The molecule has 8 nitrogen and oxygen atoms in total. The number of alkyl halides is 3. The van der Waals surface area contributed by atoms with Crippen LogP contribution in [0.15, 0.2) is 35.2 Å². The third-order valence-corrected chi connectivity index (χ3v) is 5.14. The molecule has 148 valence electrons. The number of benzene rings is 1. The first-order valence-corrected chi connectivity index (χ1v) is 8.87. The van der Waals surface area contributed by atoms with E-state index >= 15 is 0 Å². The average Bonchev–Trinajstić information content (AvgIpc) is 3.39. The van der Waals surface area contributed by atoms with Gasteiger partial charge in [-0.15, -0.1) is 20.4 Å². The minimum atomic E-state index is -4.57. The van der Waals surface area contributed by atoms with E-state index in [0.29, 0.717) is 29.8 Å². The van der Waals surface area contributed by atoms with Crippen molar-refractivity contribution in [3.8, 4) is 34.6 Å². The first-order chi connectivity index (χ1) is 13.9. The summed E-state index contributed by atoms with van der Waals surface area (Å²) in [6, 6.07) is 3.51. The molecule has 0 saturated carbocycles. The zero-order valence-electron chi connectivity index (χ0n) is 14.7. The number of oxazole rings is 1. The first kappa shape index (κ1) is 17.9. The maximum absolute atomic E-state index is 13.3. The van der Waals surface area contributed by atoms with Gasteiger partial charge in [0.25, 0.3) is 0 Å². The Morgan fingerprint density at radius 3 is 2.52 bits per heavy atom. The number of hydrogen-bond donors (Lipinski definition) is 0. The van der Waals surface area contributed by atoms with Gasteiger partial charge in [0.05, 0.1) is 22.8 Å². The third-order valence-electron chi connectivity index (χ3n) is 4.73. The van der Waals surface area contributed by atoms with E-state index in [9.17, 15) is 13.2 Å². The summed E-state index contributed by atoms with van der Waals surface area (Å²) >= 11 is 6.09. The molecule has 1 aliphatic rings. The van der Waals surface area contributed by atoms with Crippen molar-refractivity contribution in [3.63, 3.8) is 0 Å². The maximum Gasteiger partial charge on any atom is 0.417 e. The Balaban J connectivity index is 1.67. The van der Waals surface area contributed by atoms with Crippen LogP contribution in [0, 0.1) is 0 Å². The van der Waals surface area contributed by atoms with Gasteiger partial charge >= 0.3 is 6.18 Å². The van der Waals surface area contributed by atoms with Crippen molar-refractivity contribution in [1.29, 1.82) is 0 Å². The number of rotatable bonds is 2. The predicted molar refractivity (Wildman–Crippen MR) is 94.7 cm³/mol. The van der Waals surface area contributed by atoms with Crippen LogP contribution in [0.2, 0.25) is 5.02 Å². The zero-order chi connectivity index (χ0) is 20.3. The molecule has 0 bridgehead atoms. The topological polar surface area (TPSA) is 87.4 Å². The van der Waals surface area contributed by atoms with Gasteiger partial charge in [0, 0.05) is 12.1 Å². The van der Waals surface area contributed by atoms with Gasteiger partial charge in [-0.25, -0.2) is 4.98 Å². The largest absolute Gasteiger partial charge is 0.440 e. The summed E-state index contributed by atoms with van der Waals surface area (Å²) in [4.78, 5) is 3.88. The van der Waals surface area contributed by atoms with Crippen LogP contribution in [0.5, 0.6) is 0 Å². The lowest BCUT2D eigenvalue weighted by atomic mass is 10.1. The van der Waals surface area contributed by atoms with Crippen LogP contribution < -0.4 is 0 Å². The van der Waals surface area contributed by atoms with E-state index in [1.54, 1.807) is 4.57 Å². The van der Waals surface area contributed by atoms with E-state index < -0.39 is 16.8 Å². The second-order valence-electron chi connectivity index (χ2n) is 6.55. The van der Waals surface area contributed by atoms with E-state index in [2.05, 4.69) is 25.4 Å². The first-order valence-electron chi connectivity index (χ1n) is 8.49. The molecule has 0 radical (unpaired) electrons. The summed E-state index contributed by atoms with van der Waals surface area (Å²) < 4.78 is 48.6. The van der Waals surface area contributed by atoms with Gasteiger partial charge in [-0.2, -0.15) is 13.2 Å². The van der Waals surface area contributed by atoms with Crippen molar-refractivity contribution in [2.24, 2.45) is 0 Å². The molecule has 0 amide bonds.